The van der Waals surface area contributed by atoms with Gasteiger partial charge >= 0.3 is 0 Å². The third-order valence-corrected chi connectivity index (χ3v) is 3.48. The minimum absolute atomic E-state index is 0.0991. The highest BCUT2D eigenvalue weighted by Gasteiger charge is 2.22. The van der Waals surface area contributed by atoms with E-state index < -0.39 is 0 Å². The Morgan fingerprint density at radius 2 is 1.81 bits per heavy atom. The molecule has 2 rings (SSSR count). The van der Waals surface area contributed by atoms with E-state index in [-0.39, 0.29) is 18.1 Å². The molecule has 0 aromatic heterocycles. The second-order valence-electron chi connectivity index (χ2n) is 5.15. The highest BCUT2D eigenvalue weighted by atomic mass is 16.3. The zero-order valence-electron chi connectivity index (χ0n) is 9.74. The number of nitrogens with one attached hydrogen (secondary N) is 2. The van der Waals surface area contributed by atoms with E-state index in [1.165, 1.54) is 12.8 Å². The predicted molar refractivity (Wildman–Crippen MR) is 62.0 cm³/mol. The number of hydrogen-bond donors (Lipinski definition) is 3. The van der Waals surface area contributed by atoms with Crippen LogP contribution in [0.3, 0.4) is 0 Å². The molecule has 0 radical (unpaired) electrons. The summed E-state index contributed by atoms with van der Waals surface area (Å²) >= 11 is 0. The molecule has 0 aromatic carbocycles. The van der Waals surface area contributed by atoms with Crippen LogP contribution in [0.4, 0.5) is 0 Å². The Morgan fingerprint density at radius 1 is 1.12 bits per heavy atom. The smallest absolute Gasteiger partial charge is 0.234 e. The van der Waals surface area contributed by atoms with Gasteiger partial charge < -0.3 is 15.7 Å². The molecule has 0 aromatic rings. The first kappa shape index (κ1) is 11.9. The fourth-order valence-corrected chi connectivity index (χ4v) is 2.21. The number of carbonyl (C=O) groups is 1. The van der Waals surface area contributed by atoms with Crippen LogP contribution < -0.4 is 10.6 Å². The topological polar surface area (TPSA) is 61.4 Å². The lowest BCUT2D eigenvalue weighted by molar-refractivity contribution is -0.121. The van der Waals surface area contributed by atoms with E-state index in [9.17, 15) is 9.90 Å². The largest absolute Gasteiger partial charge is 0.393 e. The number of hydrogen-bond acceptors (Lipinski definition) is 3. The number of amides is 1. The van der Waals surface area contributed by atoms with Crippen molar-refractivity contribution in [2.75, 3.05) is 13.1 Å². The number of aliphatic hydroxyl groups is 1. The molecular weight excluding hydrogens is 204 g/mol. The van der Waals surface area contributed by atoms with Crippen LogP contribution in [0.15, 0.2) is 0 Å². The normalized spacial score (nSPS) is 30.1. The molecule has 0 atom stereocenters. The van der Waals surface area contributed by atoms with Crippen molar-refractivity contribution in [2.24, 2.45) is 5.92 Å². The van der Waals surface area contributed by atoms with Crippen molar-refractivity contribution in [1.29, 1.82) is 0 Å². The van der Waals surface area contributed by atoms with E-state index in [1.54, 1.807) is 0 Å². The fourth-order valence-electron chi connectivity index (χ4n) is 2.21. The molecule has 0 aliphatic heterocycles. The molecule has 0 spiro atoms. The summed E-state index contributed by atoms with van der Waals surface area (Å²) in [7, 11) is 0. The minimum atomic E-state index is -0.152. The van der Waals surface area contributed by atoms with E-state index in [0.717, 1.165) is 38.1 Å². The van der Waals surface area contributed by atoms with Gasteiger partial charge in [-0.25, -0.2) is 0 Å². The minimum Gasteiger partial charge on any atom is -0.393 e. The van der Waals surface area contributed by atoms with Gasteiger partial charge in [0.2, 0.25) is 5.91 Å². The maximum absolute atomic E-state index is 11.6. The van der Waals surface area contributed by atoms with E-state index in [0.29, 0.717) is 6.54 Å². The summed E-state index contributed by atoms with van der Waals surface area (Å²) in [4.78, 5) is 11.6. The summed E-state index contributed by atoms with van der Waals surface area (Å²) < 4.78 is 0. The third-order valence-electron chi connectivity index (χ3n) is 3.48. The summed E-state index contributed by atoms with van der Waals surface area (Å²) in [6, 6.07) is 0.277. The van der Waals surface area contributed by atoms with Crippen molar-refractivity contribution in [2.45, 2.75) is 50.7 Å². The fraction of sp³-hybridized carbons (Fsp3) is 0.917. The Balaban J connectivity index is 1.55. The Labute approximate surface area is 96.8 Å². The van der Waals surface area contributed by atoms with Crippen LogP contribution in [0, 0.1) is 5.92 Å². The lowest BCUT2D eigenvalue weighted by Crippen LogP contribution is -2.43. The van der Waals surface area contributed by atoms with Crippen molar-refractivity contribution in [1.82, 2.24) is 10.6 Å². The van der Waals surface area contributed by atoms with Crippen LogP contribution in [0.1, 0.15) is 38.5 Å². The van der Waals surface area contributed by atoms with Crippen LogP contribution in [0.5, 0.6) is 0 Å². The molecule has 0 bridgehead atoms. The number of aliphatic hydroxyl groups excluding tert-OH is 1. The van der Waals surface area contributed by atoms with Gasteiger partial charge in [0.15, 0.2) is 0 Å². The van der Waals surface area contributed by atoms with Crippen LogP contribution in [0.25, 0.3) is 0 Å². The average Bonchev–Trinajstić information content (AvgIpc) is 3.05. The number of carbonyl (C=O) groups excluding carboxylic acids is 1. The SMILES string of the molecule is O=C(CNCC1CC1)NC1CCC(O)CC1. The summed E-state index contributed by atoms with van der Waals surface area (Å²) in [6.45, 7) is 1.42. The standard InChI is InChI=1S/C12H22N2O2/c15-11-5-3-10(4-6-11)14-12(16)8-13-7-9-1-2-9/h9-11,13,15H,1-8H2,(H,14,16). The van der Waals surface area contributed by atoms with Gasteiger partial charge in [0, 0.05) is 6.04 Å². The van der Waals surface area contributed by atoms with Gasteiger partial charge in [-0.15, -0.1) is 0 Å². The monoisotopic (exact) mass is 226 g/mol. The zero-order chi connectivity index (χ0) is 11.4. The molecule has 3 N–H and O–H groups in total. The van der Waals surface area contributed by atoms with Gasteiger partial charge in [0.25, 0.3) is 0 Å². The molecule has 0 heterocycles. The Hall–Kier alpha value is -0.610. The van der Waals surface area contributed by atoms with Crippen LogP contribution in [0.2, 0.25) is 0 Å². The molecule has 4 heteroatoms. The highest BCUT2D eigenvalue weighted by molar-refractivity contribution is 5.78. The van der Waals surface area contributed by atoms with Crippen molar-refractivity contribution in [3.05, 3.63) is 0 Å². The summed E-state index contributed by atoms with van der Waals surface area (Å²) in [5.41, 5.74) is 0. The first-order chi connectivity index (χ1) is 7.74. The average molecular weight is 226 g/mol. The highest BCUT2D eigenvalue weighted by Crippen LogP contribution is 2.27. The van der Waals surface area contributed by atoms with Crippen molar-refractivity contribution in [3.8, 4) is 0 Å². The molecule has 1 amide bonds. The Kier molecular flexibility index (Phi) is 4.18. The molecule has 0 unspecified atom stereocenters. The van der Waals surface area contributed by atoms with Gasteiger partial charge in [-0.2, -0.15) is 0 Å². The van der Waals surface area contributed by atoms with Gasteiger partial charge in [0.1, 0.15) is 0 Å². The first-order valence-corrected chi connectivity index (χ1v) is 6.42. The molecule has 2 fully saturated rings. The molecule has 16 heavy (non-hydrogen) atoms. The molecule has 2 aliphatic carbocycles. The van der Waals surface area contributed by atoms with Gasteiger partial charge in [-0.1, -0.05) is 0 Å². The summed E-state index contributed by atoms with van der Waals surface area (Å²) in [5, 5.41) is 15.6. The zero-order valence-corrected chi connectivity index (χ0v) is 9.74. The Bertz CT molecular complexity index is 233. The lowest BCUT2D eigenvalue weighted by atomic mass is 9.93. The van der Waals surface area contributed by atoms with Gasteiger partial charge in [-0.3, -0.25) is 4.79 Å². The maximum Gasteiger partial charge on any atom is 0.234 e. The molecule has 4 nitrogen and oxygen atoms in total. The number of rotatable bonds is 5. The van der Waals surface area contributed by atoms with Crippen molar-refractivity contribution < 1.29 is 9.90 Å². The molecule has 2 aliphatic rings. The second kappa shape index (κ2) is 5.64. The second-order valence-corrected chi connectivity index (χ2v) is 5.15. The lowest BCUT2D eigenvalue weighted by Gasteiger charge is -2.26. The van der Waals surface area contributed by atoms with E-state index in [2.05, 4.69) is 10.6 Å². The van der Waals surface area contributed by atoms with Gasteiger partial charge in [-0.05, 0) is 51.0 Å². The van der Waals surface area contributed by atoms with Crippen LogP contribution in [-0.4, -0.2) is 36.2 Å². The molecule has 0 saturated heterocycles. The van der Waals surface area contributed by atoms with Crippen LogP contribution >= 0.6 is 0 Å². The quantitative estimate of drug-likeness (QED) is 0.636. The van der Waals surface area contributed by atoms with Gasteiger partial charge in [0.05, 0.1) is 12.6 Å². The predicted octanol–water partition coefficient (Wildman–Crippen LogP) is 0.406. The van der Waals surface area contributed by atoms with Crippen LogP contribution in [-0.2, 0) is 4.79 Å². The van der Waals surface area contributed by atoms with Crippen molar-refractivity contribution >= 4 is 5.91 Å². The molecular formula is C12H22N2O2. The maximum atomic E-state index is 11.6. The van der Waals surface area contributed by atoms with Crippen molar-refractivity contribution in [3.63, 3.8) is 0 Å². The Morgan fingerprint density at radius 3 is 2.44 bits per heavy atom. The first-order valence-electron chi connectivity index (χ1n) is 6.42. The molecule has 92 valence electrons. The molecule has 2 saturated carbocycles. The van der Waals surface area contributed by atoms with E-state index >= 15 is 0 Å². The van der Waals surface area contributed by atoms with E-state index in [4.69, 9.17) is 0 Å². The summed E-state index contributed by atoms with van der Waals surface area (Å²) in [5.74, 6) is 0.916. The summed E-state index contributed by atoms with van der Waals surface area (Å²) in [6.07, 6.45) is 5.94. The van der Waals surface area contributed by atoms with E-state index in [1.807, 2.05) is 0 Å². The third kappa shape index (κ3) is 4.10.